The number of hydrogen-bond donors (Lipinski definition) is 4. The van der Waals surface area contributed by atoms with Crippen molar-refractivity contribution >= 4 is 58.2 Å². The molecule has 67 heavy (non-hydrogen) atoms. The highest BCUT2D eigenvalue weighted by Crippen LogP contribution is 2.45. The second-order valence-electron chi connectivity index (χ2n) is 17.7. The molecule has 4 N–H and O–H groups in total. The highest BCUT2D eigenvalue weighted by Gasteiger charge is 2.38. The Morgan fingerprint density at radius 2 is 1.70 bits per heavy atom. The minimum Gasteiger partial charge on any atom is -0.460 e. The van der Waals surface area contributed by atoms with Crippen LogP contribution in [-0.2, 0) is 64.4 Å². The number of anilines is 1. The first kappa shape index (κ1) is 46.3. The normalized spacial score (nSPS) is 17.2. The molecular weight excluding hydrogens is 866 g/mol. The van der Waals surface area contributed by atoms with Crippen LogP contribution in [0.2, 0.25) is 0 Å². The first-order valence-corrected chi connectivity index (χ1v) is 22.6. The lowest BCUT2D eigenvalue weighted by atomic mass is 9.81. The maximum atomic E-state index is 15.3. The first-order valence-electron chi connectivity index (χ1n) is 22.6. The summed E-state index contributed by atoms with van der Waals surface area (Å²) in [5.41, 5.74) is 6.03. The number of benzene rings is 2. The molecule has 4 aliphatic rings. The van der Waals surface area contributed by atoms with Gasteiger partial charge in [-0.25, -0.2) is 14.2 Å². The fourth-order valence-corrected chi connectivity index (χ4v) is 9.38. The van der Waals surface area contributed by atoms with Crippen LogP contribution in [0.5, 0.6) is 0 Å². The molecule has 3 aliphatic heterocycles. The number of fused-ring (bicyclic) bond motifs is 5. The Morgan fingerprint density at radius 3 is 2.42 bits per heavy atom. The van der Waals surface area contributed by atoms with E-state index in [0.29, 0.717) is 83.4 Å². The van der Waals surface area contributed by atoms with Crippen LogP contribution in [0.25, 0.3) is 22.3 Å². The number of unbranched alkanes of at least 4 members (excludes halogenated alkanes) is 2. The van der Waals surface area contributed by atoms with Crippen LogP contribution in [0, 0.1) is 18.7 Å². The van der Waals surface area contributed by atoms with Crippen molar-refractivity contribution in [3.63, 3.8) is 0 Å². The minimum atomic E-state index is -0.871. The van der Waals surface area contributed by atoms with Gasteiger partial charge in [-0.3, -0.25) is 38.5 Å². The second kappa shape index (κ2) is 19.3. The Hall–Kier alpha value is -7.24. The highest BCUT2D eigenvalue weighted by molar-refractivity contribution is 6.12. The van der Waals surface area contributed by atoms with E-state index in [0.717, 1.165) is 27.0 Å². The summed E-state index contributed by atoms with van der Waals surface area (Å²) in [5, 5.41) is 11.8. The standard InChI is InChI=1S/C49H52FN7O10/c1-5-29-31-19-37-45-32(22-57(37)47(63)33(31)24-66-48(29)64)43-35(15-14-30-26(4)34(50)20-36(53-45)42(30)43)54-49(65)67-23-27-10-12-28(13-11-27)52-39(59)21-51-46(62)44(25(2)3)55-38(58)9-7-6-8-18-56-40(60)16-17-41(56)61/h10-13,16-17,19-20,25,29,35,44H,5-9,14-15,18,21-24H2,1-4H3,(H,51,62)(H,52,59)(H,54,65)(H,55,58)/t29-,35+,44?/m1/s1. The minimum absolute atomic E-state index is 0.0972. The number of rotatable bonds is 16. The summed E-state index contributed by atoms with van der Waals surface area (Å²) in [5.74, 6) is -3.67. The number of halogens is 1. The average Bonchev–Trinajstić information content (AvgIpc) is 3.83. The monoisotopic (exact) mass is 917 g/mol. The number of esters is 1. The molecule has 0 bridgehead atoms. The summed E-state index contributed by atoms with van der Waals surface area (Å²) in [4.78, 5) is 108. The Kier molecular flexibility index (Phi) is 13.3. The van der Waals surface area contributed by atoms with Gasteiger partial charge in [-0.15, -0.1) is 0 Å². The maximum Gasteiger partial charge on any atom is 0.407 e. The third-order valence-corrected chi connectivity index (χ3v) is 13.0. The molecule has 0 saturated heterocycles. The van der Waals surface area contributed by atoms with E-state index < -0.39 is 41.7 Å². The average molecular weight is 918 g/mol. The van der Waals surface area contributed by atoms with Crippen molar-refractivity contribution in [2.45, 2.75) is 110 Å². The molecule has 5 heterocycles. The SMILES string of the molecule is CC[C@H]1C(=O)OCc2c1cc1n(c2=O)Cc2c-1nc1cc(F)c(C)c3c1c2[C@@H](NC(=O)OCc1ccc(NC(=O)CNC(=O)C(NC(=O)CCCCCN2C(=O)C=CC2=O)C(C)C)cc1)CC3. The van der Waals surface area contributed by atoms with E-state index in [-0.39, 0.29) is 74.4 Å². The van der Waals surface area contributed by atoms with E-state index >= 15 is 4.39 Å². The molecule has 1 aliphatic carbocycles. The van der Waals surface area contributed by atoms with E-state index in [4.69, 9.17) is 14.5 Å². The van der Waals surface area contributed by atoms with Gasteiger partial charge in [0.25, 0.3) is 17.4 Å². The molecule has 18 heteroatoms. The third kappa shape index (κ3) is 9.42. The van der Waals surface area contributed by atoms with E-state index in [9.17, 15) is 38.4 Å². The van der Waals surface area contributed by atoms with E-state index in [1.165, 1.54) is 18.2 Å². The molecule has 8 rings (SSSR count). The van der Waals surface area contributed by atoms with Gasteiger partial charge in [0.15, 0.2) is 0 Å². The molecule has 4 aromatic rings. The molecule has 0 saturated carbocycles. The van der Waals surface area contributed by atoms with Gasteiger partial charge in [0.2, 0.25) is 17.7 Å². The van der Waals surface area contributed by atoms with Gasteiger partial charge in [-0.05, 0) is 91.0 Å². The number of nitrogens with zero attached hydrogens (tertiary/aromatic N) is 3. The molecule has 0 spiro atoms. The molecule has 2 aromatic carbocycles. The van der Waals surface area contributed by atoms with Gasteiger partial charge in [0, 0.05) is 47.8 Å². The lowest BCUT2D eigenvalue weighted by Crippen LogP contribution is -2.51. The topological polar surface area (TPSA) is 224 Å². The first-order chi connectivity index (χ1) is 32.1. The number of ether oxygens (including phenoxy) is 2. The van der Waals surface area contributed by atoms with E-state index in [1.54, 1.807) is 49.6 Å². The number of alkyl carbamates (subject to hydrolysis) is 1. The Bertz CT molecular complexity index is 2800. The van der Waals surface area contributed by atoms with Crippen LogP contribution in [0.4, 0.5) is 14.9 Å². The summed E-state index contributed by atoms with van der Waals surface area (Å²) < 4.78 is 27.9. The number of amides is 6. The van der Waals surface area contributed by atoms with E-state index in [1.807, 2.05) is 13.0 Å². The fraction of sp³-hybridized carbons (Fsp3) is 0.408. The molecule has 17 nitrogen and oxygen atoms in total. The van der Waals surface area contributed by atoms with Crippen molar-refractivity contribution in [2.24, 2.45) is 5.92 Å². The van der Waals surface area contributed by atoms with Crippen molar-refractivity contribution in [2.75, 3.05) is 18.4 Å². The number of carbonyl (C=O) groups is 7. The highest BCUT2D eigenvalue weighted by atomic mass is 19.1. The Labute approximate surface area is 384 Å². The number of nitrogens with one attached hydrogen (secondary N) is 4. The zero-order chi connectivity index (χ0) is 47.7. The number of carbonyl (C=O) groups excluding carboxylic acids is 7. The van der Waals surface area contributed by atoms with Gasteiger partial charge >= 0.3 is 12.1 Å². The van der Waals surface area contributed by atoms with Crippen LogP contribution >= 0.6 is 0 Å². The molecule has 3 atom stereocenters. The van der Waals surface area contributed by atoms with Crippen molar-refractivity contribution in [1.82, 2.24) is 30.4 Å². The van der Waals surface area contributed by atoms with Gasteiger partial charge in [-0.2, -0.15) is 0 Å². The molecule has 0 fully saturated rings. The second-order valence-corrected chi connectivity index (χ2v) is 17.7. The van der Waals surface area contributed by atoms with Crippen molar-refractivity contribution in [1.29, 1.82) is 0 Å². The van der Waals surface area contributed by atoms with Crippen LogP contribution in [-0.4, -0.2) is 75.2 Å². The largest absolute Gasteiger partial charge is 0.460 e. The van der Waals surface area contributed by atoms with Gasteiger partial charge in [0.05, 0.1) is 47.5 Å². The van der Waals surface area contributed by atoms with E-state index in [2.05, 4.69) is 21.3 Å². The number of imide groups is 1. The molecule has 2 aromatic heterocycles. The van der Waals surface area contributed by atoms with Gasteiger partial charge in [0.1, 0.15) is 25.1 Å². The molecular formula is C49H52FN7O10. The lowest BCUT2D eigenvalue weighted by Gasteiger charge is -2.29. The molecule has 1 unspecified atom stereocenters. The number of aromatic nitrogens is 2. The smallest absolute Gasteiger partial charge is 0.407 e. The number of aryl methyl sites for hydroxylation is 1. The number of pyridine rings is 2. The van der Waals surface area contributed by atoms with Gasteiger partial charge < -0.3 is 35.3 Å². The maximum absolute atomic E-state index is 15.3. The van der Waals surface area contributed by atoms with Crippen LogP contribution in [0.3, 0.4) is 0 Å². The summed E-state index contributed by atoms with van der Waals surface area (Å²) >= 11 is 0. The fourth-order valence-electron chi connectivity index (χ4n) is 9.38. The predicted molar refractivity (Wildman–Crippen MR) is 242 cm³/mol. The zero-order valence-electron chi connectivity index (χ0n) is 37.7. The Morgan fingerprint density at radius 1 is 0.955 bits per heavy atom. The quantitative estimate of drug-likeness (QED) is 0.0585. The van der Waals surface area contributed by atoms with Crippen LogP contribution in [0.1, 0.15) is 110 Å². The van der Waals surface area contributed by atoms with Gasteiger partial charge in [-0.1, -0.05) is 39.3 Å². The zero-order valence-corrected chi connectivity index (χ0v) is 37.7. The van der Waals surface area contributed by atoms with Crippen molar-refractivity contribution < 1.29 is 47.4 Å². The molecule has 6 amide bonds. The molecule has 0 radical (unpaired) electrons. The predicted octanol–water partition coefficient (Wildman–Crippen LogP) is 5.02. The summed E-state index contributed by atoms with van der Waals surface area (Å²) in [6.45, 7) is 7.02. The van der Waals surface area contributed by atoms with Crippen molar-refractivity contribution in [3.05, 3.63) is 104 Å². The number of cyclic esters (lactones) is 1. The van der Waals surface area contributed by atoms with Crippen molar-refractivity contribution in [3.8, 4) is 11.4 Å². The number of hydrogen-bond acceptors (Lipinski definition) is 11. The summed E-state index contributed by atoms with van der Waals surface area (Å²) in [6.07, 6.45) is 4.95. The summed E-state index contributed by atoms with van der Waals surface area (Å²) in [7, 11) is 0. The van der Waals surface area contributed by atoms with Crippen LogP contribution < -0.4 is 26.8 Å². The third-order valence-electron chi connectivity index (χ3n) is 13.0. The summed E-state index contributed by atoms with van der Waals surface area (Å²) in [6, 6.07) is 8.41. The lowest BCUT2D eigenvalue weighted by molar-refractivity contribution is -0.148. The molecule has 350 valence electrons. The Balaban J connectivity index is 0.847. The van der Waals surface area contributed by atoms with Crippen LogP contribution in [0.15, 0.2) is 53.3 Å².